The Kier molecular flexibility index (Phi) is 7.36. The van der Waals surface area contributed by atoms with E-state index in [0.717, 1.165) is 21.5 Å². The van der Waals surface area contributed by atoms with Crippen LogP contribution in [0.4, 0.5) is 5.69 Å². The number of rotatable bonds is 9. The third kappa shape index (κ3) is 5.33. The Labute approximate surface area is 185 Å². The van der Waals surface area contributed by atoms with Crippen molar-refractivity contribution in [3.8, 4) is 17.2 Å². The summed E-state index contributed by atoms with van der Waals surface area (Å²) in [4.78, 5) is 13.0. The van der Waals surface area contributed by atoms with E-state index < -0.39 is 0 Å². The number of methoxy groups -OCH3 is 3. The summed E-state index contributed by atoms with van der Waals surface area (Å²) < 4.78 is 17.0. The molecule has 0 aliphatic carbocycles. The third-order valence-corrected chi connectivity index (χ3v) is 5.33. The van der Waals surface area contributed by atoms with Crippen molar-refractivity contribution in [2.45, 2.75) is 12.5 Å². The van der Waals surface area contributed by atoms with Gasteiger partial charge in [-0.2, -0.15) is 0 Å². The van der Waals surface area contributed by atoms with Gasteiger partial charge in [-0.05, 0) is 66.2 Å². The van der Waals surface area contributed by atoms with Crippen molar-refractivity contribution in [2.75, 3.05) is 26.6 Å². The smallest absolute Gasteiger partial charge is 0.165 e. The van der Waals surface area contributed by atoms with Crippen LogP contribution in [0, 0.1) is 0 Å². The molecule has 5 nitrogen and oxygen atoms in total. The van der Waals surface area contributed by atoms with Gasteiger partial charge in [0.1, 0.15) is 5.75 Å². The van der Waals surface area contributed by atoms with Gasteiger partial charge in [0.15, 0.2) is 17.3 Å². The van der Waals surface area contributed by atoms with Gasteiger partial charge in [-0.3, -0.25) is 4.79 Å². The topological polar surface area (TPSA) is 56.8 Å². The van der Waals surface area contributed by atoms with Gasteiger partial charge in [0, 0.05) is 22.1 Å². The average molecular weight is 470 g/mol. The molecule has 0 aliphatic heterocycles. The Morgan fingerprint density at radius 1 is 0.867 bits per heavy atom. The second-order valence-corrected chi connectivity index (χ2v) is 7.59. The molecule has 30 heavy (non-hydrogen) atoms. The zero-order valence-electron chi connectivity index (χ0n) is 17.1. The molecule has 1 atom stereocenters. The summed E-state index contributed by atoms with van der Waals surface area (Å²) in [5.74, 6) is 2.01. The predicted molar refractivity (Wildman–Crippen MR) is 122 cm³/mol. The lowest BCUT2D eigenvalue weighted by molar-refractivity contribution is 0.0976. The lowest BCUT2D eigenvalue weighted by Gasteiger charge is -2.21. The Morgan fingerprint density at radius 2 is 1.53 bits per heavy atom. The van der Waals surface area contributed by atoms with Gasteiger partial charge < -0.3 is 19.5 Å². The Morgan fingerprint density at radius 3 is 2.13 bits per heavy atom. The minimum atomic E-state index is -0.249. The molecule has 0 amide bonds. The van der Waals surface area contributed by atoms with Gasteiger partial charge in [-0.15, -0.1) is 0 Å². The first kappa shape index (κ1) is 21.7. The standard InChI is InChI=1S/C24H24BrNO4/c1-28-20-11-4-16(5-12-20)22(27)15-21(26-19-9-7-18(25)8-10-19)17-6-13-23(29-2)24(14-17)30-3/h4-14,21,26H,15H2,1-3H3/t21-/m1/s1. The molecule has 0 aliphatic rings. The number of Topliss-reactive ketones (excluding diaryl/α,β-unsaturated/α-hetero) is 1. The number of anilines is 1. The molecule has 0 saturated heterocycles. The fourth-order valence-corrected chi connectivity index (χ4v) is 3.41. The zero-order chi connectivity index (χ0) is 21.5. The second kappa shape index (κ2) is 10.2. The molecule has 0 unspecified atom stereocenters. The number of hydrogen-bond acceptors (Lipinski definition) is 5. The van der Waals surface area contributed by atoms with E-state index in [2.05, 4.69) is 21.2 Å². The summed E-state index contributed by atoms with van der Waals surface area (Å²) in [6.45, 7) is 0. The molecule has 0 aromatic heterocycles. The van der Waals surface area contributed by atoms with E-state index in [-0.39, 0.29) is 18.2 Å². The first-order chi connectivity index (χ1) is 14.5. The summed E-state index contributed by atoms with van der Waals surface area (Å²) in [7, 11) is 4.80. The van der Waals surface area contributed by atoms with E-state index in [4.69, 9.17) is 14.2 Å². The maximum absolute atomic E-state index is 13.0. The SMILES string of the molecule is COc1ccc(C(=O)C[C@@H](Nc2ccc(Br)cc2)c2ccc(OC)c(OC)c2)cc1. The highest BCUT2D eigenvalue weighted by molar-refractivity contribution is 9.10. The molecular weight excluding hydrogens is 446 g/mol. The normalized spacial score (nSPS) is 11.5. The molecular formula is C24H24BrNO4. The number of carbonyl (C=O) groups is 1. The number of hydrogen-bond donors (Lipinski definition) is 1. The fraction of sp³-hybridized carbons (Fsp3) is 0.208. The van der Waals surface area contributed by atoms with Crippen molar-refractivity contribution in [3.63, 3.8) is 0 Å². The van der Waals surface area contributed by atoms with Crippen LogP contribution in [0.3, 0.4) is 0 Å². The van der Waals surface area contributed by atoms with E-state index in [0.29, 0.717) is 17.1 Å². The predicted octanol–water partition coefficient (Wildman–Crippen LogP) is 5.90. The lowest BCUT2D eigenvalue weighted by Crippen LogP contribution is -2.16. The Balaban J connectivity index is 1.90. The number of nitrogens with one attached hydrogen (secondary N) is 1. The van der Waals surface area contributed by atoms with Crippen molar-refractivity contribution in [1.82, 2.24) is 0 Å². The number of halogens is 1. The summed E-state index contributed by atoms with van der Waals surface area (Å²) in [5.41, 5.74) is 2.48. The quantitative estimate of drug-likeness (QED) is 0.395. The van der Waals surface area contributed by atoms with Crippen LogP contribution >= 0.6 is 15.9 Å². The molecule has 0 bridgehead atoms. The maximum Gasteiger partial charge on any atom is 0.165 e. The summed E-state index contributed by atoms with van der Waals surface area (Å²) in [5, 5.41) is 3.47. The van der Waals surface area contributed by atoms with Gasteiger partial charge in [-0.25, -0.2) is 0 Å². The molecule has 0 radical (unpaired) electrons. The summed E-state index contributed by atoms with van der Waals surface area (Å²) in [6, 6.07) is 20.4. The van der Waals surface area contributed by atoms with Crippen LogP contribution in [0.25, 0.3) is 0 Å². The van der Waals surface area contributed by atoms with E-state index in [1.165, 1.54) is 0 Å². The van der Waals surface area contributed by atoms with Gasteiger partial charge >= 0.3 is 0 Å². The van der Waals surface area contributed by atoms with Gasteiger partial charge in [-0.1, -0.05) is 22.0 Å². The molecule has 6 heteroatoms. The van der Waals surface area contributed by atoms with Crippen molar-refractivity contribution >= 4 is 27.4 Å². The first-order valence-corrected chi connectivity index (χ1v) is 10.2. The van der Waals surface area contributed by atoms with E-state index in [1.807, 2.05) is 42.5 Å². The molecule has 0 spiro atoms. The van der Waals surface area contributed by atoms with Gasteiger partial charge in [0.05, 0.1) is 27.4 Å². The third-order valence-electron chi connectivity index (χ3n) is 4.80. The van der Waals surface area contributed by atoms with E-state index in [1.54, 1.807) is 45.6 Å². The second-order valence-electron chi connectivity index (χ2n) is 6.67. The van der Waals surface area contributed by atoms with Gasteiger partial charge in [0.25, 0.3) is 0 Å². The van der Waals surface area contributed by atoms with Crippen LogP contribution in [-0.2, 0) is 0 Å². The van der Waals surface area contributed by atoms with E-state index in [9.17, 15) is 4.79 Å². The fourth-order valence-electron chi connectivity index (χ4n) is 3.15. The first-order valence-electron chi connectivity index (χ1n) is 9.45. The largest absolute Gasteiger partial charge is 0.497 e. The zero-order valence-corrected chi connectivity index (χ0v) is 18.7. The molecule has 3 aromatic carbocycles. The maximum atomic E-state index is 13.0. The number of ketones is 1. The van der Waals surface area contributed by atoms with Crippen LogP contribution in [-0.4, -0.2) is 27.1 Å². The number of carbonyl (C=O) groups excluding carboxylic acids is 1. The Hall–Kier alpha value is -2.99. The highest BCUT2D eigenvalue weighted by Gasteiger charge is 2.19. The molecule has 3 rings (SSSR count). The van der Waals surface area contributed by atoms with Crippen LogP contribution in [0.2, 0.25) is 0 Å². The number of ether oxygens (including phenoxy) is 3. The highest BCUT2D eigenvalue weighted by Crippen LogP contribution is 2.33. The molecule has 0 saturated carbocycles. The molecule has 1 N–H and O–H groups in total. The van der Waals surface area contributed by atoms with E-state index >= 15 is 0 Å². The minimum Gasteiger partial charge on any atom is -0.497 e. The average Bonchev–Trinajstić information content (AvgIpc) is 2.79. The summed E-state index contributed by atoms with van der Waals surface area (Å²) >= 11 is 3.45. The molecule has 0 fully saturated rings. The van der Waals surface area contributed by atoms with Crippen molar-refractivity contribution in [1.29, 1.82) is 0 Å². The van der Waals surface area contributed by atoms with Crippen LogP contribution in [0.5, 0.6) is 17.2 Å². The van der Waals surface area contributed by atoms with Crippen molar-refractivity contribution in [3.05, 3.63) is 82.3 Å². The van der Waals surface area contributed by atoms with Crippen LogP contribution < -0.4 is 19.5 Å². The van der Waals surface area contributed by atoms with Gasteiger partial charge in [0.2, 0.25) is 0 Å². The monoisotopic (exact) mass is 469 g/mol. The number of benzene rings is 3. The molecule has 3 aromatic rings. The highest BCUT2D eigenvalue weighted by atomic mass is 79.9. The Bertz CT molecular complexity index is 987. The van der Waals surface area contributed by atoms with Crippen LogP contribution in [0.15, 0.2) is 71.2 Å². The van der Waals surface area contributed by atoms with Crippen molar-refractivity contribution in [2.24, 2.45) is 0 Å². The molecule has 156 valence electrons. The lowest BCUT2D eigenvalue weighted by atomic mass is 9.97. The van der Waals surface area contributed by atoms with Crippen molar-refractivity contribution < 1.29 is 19.0 Å². The minimum absolute atomic E-state index is 0.0297. The van der Waals surface area contributed by atoms with Crippen LogP contribution in [0.1, 0.15) is 28.4 Å². The summed E-state index contributed by atoms with van der Waals surface area (Å²) in [6.07, 6.45) is 0.276. The molecule has 0 heterocycles.